The van der Waals surface area contributed by atoms with E-state index in [1.807, 2.05) is 31.2 Å². The van der Waals surface area contributed by atoms with Crippen molar-refractivity contribution in [2.75, 3.05) is 23.4 Å². The summed E-state index contributed by atoms with van der Waals surface area (Å²) in [5.41, 5.74) is 1.65. The van der Waals surface area contributed by atoms with E-state index >= 15 is 0 Å². The van der Waals surface area contributed by atoms with Crippen LogP contribution in [0.1, 0.15) is 18.5 Å². The van der Waals surface area contributed by atoms with Crippen molar-refractivity contribution in [1.82, 2.24) is 4.98 Å². The minimum Gasteiger partial charge on any atom is -0.447 e. The van der Waals surface area contributed by atoms with Crippen LogP contribution in [0.2, 0.25) is 5.02 Å². The molecular formula is C16H15ClFN3O2. The van der Waals surface area contributed by atoms with Crippen LogP contribution in [0.4, 0.5) is 20.7 Å². The van der Waals surface area contributed by atoms with Crippen molar-refractivity contribution in [3.63, 3.8) is 0 Å². The second kappa shape index (κ2) is 6.42. The lowest BCUT2D eigenvalue weighted by Gasteiger charge is -2.18. The molecule has 2 aromatic rings. The standard InChI is InChI=1S/C16H15ClFN3O2/c1-10(20-15-14(18)8-12(17)9-19-15)11-3-2-4-13(7-11)21-5-6-23-16(21)22/h2-4,7-10H,5-6H2,1H3,(H,19,20)/t10-/m1/s1. The van der Waals surface area contributed by atoms with E-state index in [-0.39, 0.29) is 23.0 Å². The van der Waals surface area contributed by atoms with Crippen LogP contribution in [0.3, 0.4) is 0 Å². The number of benzene rings is 1. The van der Waals surface area contributed by atoms with Crippen LogP contribution < -0.4 is 10.2 Å². The second-order valence-electron chi connectivity index (χ2n) is 5.21. The fourth-order valence-electron chi connectivity index (χ4n) is 2.40. The van der Waals surface area contributed by atoms with Gasteiger partial charge >= 0.3 is 6.09 Å². The molecule has 1 amide bonds. The molecule has 1 N–H and O–H groups in total. The van der Waals surface area contributed by atoms with Gasteiger partial charge in [-0.1, -0.05) is 23.7 Å². The molecule has 0 spiro atoms. The van der Waals surface area contributed by atoms with Crippen molar-refractivity contribution in [1.29, 1.82) is 0 Å². The number of hydrogen-bond donors (Lipinski definition) is 1. The van der Waals surface area contributed by atoms with E-state index in [9.17, 15) is 9.18 Å². The van der Waals surface area contributed by atoms with Crippen LogP contribution >= 0.6 is 11.6 Å². The van der Waals surface area contributed by atoms with E-state index in [2.05, 4.69) is 10.3 Å². The highest BCUT2D eigenvalue weighted by Gasteiger charge is 2.24. The predicted molar refractivity (Wildman–Crippen MR) is 86.4 cm³/mol. The van der Waals surface area contributed by atoms with Crippen LogP contribution in [-0.2, 0) is 4.74 Å². The molecule has 3 rings (SSSR count). The van der Waals surface area contributed by atoms with Crippen molar-refractivity contribution in [3.05, 3.63) is 52.9 Å². The van der Waals surface area contributed by atoms with Gasteiger partial charge in [-0.15, -0.1) is 0 Å². The zero-order valence-electron chi connectivity index (χ0n) is 12.4. The van der Waals surface area contributed by atoms with Crippen LogP contribution in [0.5, 0.6) is 0 Å². The van der Waals surface area contributed by atoms with Crippen LogP contribution in [0, 0.1) is 5.82 Å². The predicted octanol–water partition coefficient (Wildman–Crippen LogP) is 4.00. The van der Waals surface area contributed by atoms with Crippen molar-refractivity contribution in [2.24, 2.45) is 0 Å². The molecule has 0 saturated carbocycles. The topological polar surface area (TPSA) is 54.5 Å². The van der Waals surface area contributed by atoms with E-state index in [1.165, 1.54) is 12.3 Å². The normalized spacial score (nSPS) is 15.4. The molecule has 1 fully saturated rings. The zero-order chi connectivity index (χ0) is 16.4. The quantitative estimate of drug-likeness (QED) is 0.917. The number of cyclic esters (lactones) is 1. The SMILES string of the molecule is C[C@@H](Nc1ncc(Cl)cc1F)c1cccc(N2CCOC2=O)c1. The molecule has 1 aromatic carbocycles. The van der Waals surface area contributed by atoms with Gasteiger partial charge in [-0.3, -0.25) is 4.90 Å². The van der Waals surface area contributed by atoms with Gasteiger partial charge in [-0.2, -0.15) is 0 Å². The Morgan fingerprint density at radius 1 is 1.43 bits per heavy atom. The molecule has 23 heavy (non-hydrogen) atoms. The highest BCUT2D eigenvalue weighted by molar-refractivity contribution is 6.30. The van der Waals surface area contributed by atoms with Crippen LogP contribution in [-0.4, -0.2) is 24.2 Å². The van der Waals surface area contributed by atoms with Crippen molar-refractivity contribution in [2.45, 2.75) is 13.0 Å². The summed E-state index contributed by atoms with van der Waals surface area (Å²) in [5.74, 6) is -0.378. The van der Waals surface area contributed by atoms with E-state index < -0.39 is 5.82 Å². The lowest BCUT2D eigenvalue weighted by atomic mass is 10.1. The number of amides is 1. The number of carbonyl (C=O) groups excluding carboxylic acids is 1. The second-order valence-corrected chi connectivity index (χ2v) is 5.65. The Bertz CT molecular complexity index is 741. The maximum absolute atomic E-state index is 13.8. The van der Waals surface area contributed by atoms with Gasteiger partial charge in [0.25, 0.3) is 0 Å². The summed E-state index contributed by atoms with van der Waals surface area (Å²) in [7, 11) is 0. The third-order valence-corrected chi connectivity index (χ3v) is 3.81. The highest BCUT2D eigenvalue weighted by Crippen LogP contribution is 2.26. The molecule has 0 aliphatic carbocycles. The summed E-state index contributed by atoms with van der Waals surface area (Å²) in [6.07, 6.45) is 1.03. The summed E-state index contributed by atoms with van der Waals surface area (Å²) >= 11 is 5.70. The van der Waals surface area contributed by atoms with Gasteiger partial charge in [-0.05, 0) is 30.7 Å². The van der Waals surface area contributed by atoms with Gasteiger partial charge in [0.15, 0.2) is 11.6 Å². The number of pyridine rings is 1. The molecule has 1 aliphatic rings. The largest absolute Gasteiger partial charge is 0.447 e. The number of aromatic nitrogens is 1. The third-order valence-electron chi connectivity index (χ3n) is 3.60. The molecule has 7 heteroatoms. The number of halogens is 2. The first-order chi connectivity index (χ1) is 11.0. The van der Waals surface area contributed by atoms with Crippen LogP contribution in [0.15, 0.2) is 36.5 Å². The summed E-state index contributed by atoms with van der Waals surface area (Å²) in [6.45, 7) is 2.80. The van der Waals surface area contributed by atoms with E-state index in [0.29, 0.717) is 13.2 Å². The van der Waals surface area contributed by atoms with Gasteiger partial charge in [0.1, 0.15) is 6.61 Å². The molecule has 2 heterocycles. The minimum atomic E-state index is -0.511. The number of ether oxygens (including phenoxy) is 1. The number of nitrogens with one attached hydrogen (secondary N) is 1. The fourth-order valence-corrected chi connectivity index (χ4v) is 2.54. The average Bonchev–Trinajstić information content (AvgIpc) is 2.96. The Labute approximate surface area is 138 Å². The van der Waals surface area contributed by atoms with E-state index in [4.69, 9.17) is 16.3 Å². The monoisotopic (exact) mass is 335 g/mol. The minimum absolute atomic E-state index is 0.132. The smallest absolute Gasteiger partial charge is 0.414 e. The highest BCUT2D eigenvalue weighted by atomic mass is 35.5. The number of rotatable bonds is 4. The first kappa shape index (κ1) is 15.6. The van der Waals surface area contributed by atoms with Crippen LogP contribution in [0.25, 0.3) is 0 Å². The molecule has 0 bridgehead atoms. The Hall–Kier alpha value is -2.34. The fraction of sp³-hybridized carbons (Fsp3) is 0.250. The number of anilines is 2. The number of carbonyl (C=O) groups is 1. The maximum Gasteiger partial charge on any atom is 0.414 e. The molecule has 1 aliphatic heterocycles. The van der Waals surface area contributed by atoms with Gasteiger partial charge in [0, 0.05) is 11.9 Å². The molecule has 0 radical (unpaired) electrons. The third kappa shape index (κ3) is 3.37. The Kier molecular flexibility index (Phi) is 4.34. The number of nitrogens with zero attached hydrogens (tertiary/aromatic N) is 2. The Morgan fingerprint density at radius 3 is 2.96 bits per heavy atom. The summed E-state index contributed by atoms with van der Waals surface area (Å²) in [6, 6.07) is 8.47. The molecule has 5 nitrogen and oxygen atoms in total. The Morgan fingerprint density at radius 2 is 2.26 bits per heavy atom. The molecule has 1 saturated heterocycles. The van der Waals surface area contributed by atoms with Crippen molar-refractivity contribution >= 4 is 29.2 Å². The first-order valence-electron chi connectivity index (χ1n) is 7.16. The number of hydrogen-bond acceptors (Lipinski definition) is 4. The van der Waals surface area contributed by atoms with Gasteiger partial charge in [-0.25, -0.2) is 14.2 Å². The van der Waals surface area contributed by atoms with Gasteiger partial charge < -0.3 is 10.1 Å². The van der Waals surface area contributed by atoms with E-state index in [1.54, 1.807) is 4.90 Å². The Balaban J connectivity index is 1.79. The molecule has 120 valence electrons. The summed E-state index contributed by atoms with van der Waals surface area (Å²) < 4.78 is 18.8. The van der Waals surface area contributed by atoms with Crippen molar-refractivity contribution in [3.8, 4) is 0 Å². The lowest BCUT2D eigenvalue weighted by molar-refractivity contribution is 0.181. The van der Waals surface area contributed by atoms with Gasteiger partial charge in [0.2, 0.25) is 0 Å². The lowest BCUT2D eigenvalue weighted by Crippen LogP contribution is -2.23. The maximum atomic E-state index is 13.8. The zero-order valence-corrected chi connectivity index (χ0v) is 13.2. The molecule has 1 atom stereocenters. The summed E-state index contributed by atoms with van der Waals surface area (Å²) in [5, 5.41) is 3.25. The molecular weight excluding hydrogens is 321 g/mol. The first-order valence-corrected chi connectivity index (χ1v) is 7.54. The van der Waals surface area contributed by atoms with E-state index in [0.717, 1.165) is 11.3 Å². The molecule has 0 unspecified atom stereocenters. The molecule has 1 aromatic heterocycles. The average molecular weight is 336 g/mol. The van der Waals surface area contributed by atoms with Crippen molar-refractivity contribution < 1.29 is 13.9 Å². The summed E-state index contributed by atoms with van der Waals surface area (Å²) in [4.78, 5) is 17.2. The van der Waals surface area contributed by atoms with Gasteiger partial charge in [0.05, 0.1) is 17.6 Å².